The quantitative estimate of drug-likeness (QED) is 0.553. The van der Waals surface area contributed by atoms with Crippen molar-refractivity contribution in [2.45, 2.75) is 25.6 Å². The van der Waals surface area contributed by atoms with E-state index in [9.17, 15) is 18.0 Å². The molecule has 3 aromatic rings. The molecule has 0 bridgehead atoms. The summed E-state index contributed by atoms with van der Waals surface area (Å²) in [7, 11) is 0. The number of anilines is 1. The van der Waals surface area contributed by atoms with Crippen molar-refractivity contribution in [2.75, 3.05) is 18.0 Å². The summed E-state index contributed by atoms with van der Waals surface area (Å²) in [6.45, 7) is 0.296. The number of nitrogens with zero attached hydrogens (tertiary/aromatic N) is 4. The third-order valence-electron chi connectivity index (χ3n) is 4.73. The normalized spacial score (nSPS) is 17.2. The number of hydrogen-bond donors (Lipinski definition) is 0. The number of ether oxygens (including phenoxy) is 1. The summed E-state index contributed by atoms with van der Waals surface area (Å²) in [5.41, 5.74) is -0.00841. The standard InChI is InChI=1S/C19H17F3N4O3S/c20-19(21,22)14-4-1-6-23-17(14)26-7-2-3-12(9-26)18(27)28-10-15-24-16(25-29-15)13-5-8-30-11-13/h1,4-6,8,11-12H,2-3,7,9-10H2. The number of thiophene rings is 1. The molecular formula is C19H17F3N4O3S. The fraction of sp³-hybridized carbons (Fsp3) is 0.368. The first-order valence-electron chi connectivity index (χ1n) is 9.21. The molecule has 1 unspecified atom stereocenters. The highest BCUT2D eigenvalue weighted by Crippen LogP contribution is 2.36. The van der Waals surface area contributed by atoms with Crippen LogP contribution in [0.1, 0.15) is 24.3 Å². The summed E-state index contributed by atoms with van der Waals surface area (Å²) < 4.78 is 50.2. The number of hydrogen-bond acceptors (Lipinski definition) is 8. The van der Waals surface area contributed by atoms with Crippen LogP contribution in [-0.2, 0) is 22.3 Å². The van der Waals surface area contributed by atoms with Gasteiger partial charge >= 0.3 is 12.1 Å². The molecule has 3 aromatic heterocycles. The molecular weight excluding hydrogens is 421 g/mol. The van der Waals surface area contributed by atoms with Crippen LogP contribution >= 0.6 is 11.3 Å². The van der Waals surface area contributed by atoms with Crippen LogP contribution in [0.4, 0.5) is 19.0 Å². The molecule has 7 nitrogen and oxygen atoms in total. The van der Waals surface area contributed by atoms with Crippen molar-refractivity contribution in [1.82, 2.24) is 15.1 Å². The average molecular weight is 438 g/mol. The zero-order chi connectivity index (χ0) is 21.1. The van der Waals surface area contributed by atoms with Gasteiger partial charge in [0.1, 0.15) is 5.82 Å². The minimum absolute atomic E-state index is 0.100. The predicted octanol–water partition coefficient (Wildman–Crippen LogP) is 4.17. The van der Waals surface area contributed by atoms with Crippen LogP contribution in [0.25, 0.3) is 11.4 Å². The Morgan fingerprint density at radius 2 is 2.23 bits per heavy atom. The Labute approximate surface area is 173 Å². The minimum Gasteiger partial charge on any atom is -0.455 e. The molecule has 0 aromatic carbocycles. The van der Waals surface area contributed by atoms with E-state index < -0.39 is 23.6 Å². The van der Waals surface area contributed by atoms with Gasteiger partial charge in [-0.15, -0.1) is 0 Å². The number of esters is 1. The lowest BCUT2D eigenvalue weighted by Gasteiger charge is -2.33. The van der Waals surface area contributed by atoms with Gasteiger partial charge in [0.25, 0.3) is 5.89 Å². The molecule has 0 N–H and O–H groups in total. The molecule has 1 aliphatic rings. The maximum atomic E-state index is 13.3. The molecule has 1 saturated heterocycles. The number of pyridine rings is 1. The van der Waals surface area contributed by atoms with Gasteiger partial charge in [-0.2, -0.15) is 29.5 Å². The fourth-order valence-electron chi connectivity index (χ4n) is 3.31. The fourth-order valence-corrected chi connectivity index (χ4v) is 3.94. The molecule has 0 amide bonds. The maximum Gasteiger partial charge on any atom is 0.419 e. The second kappa shape index (κ2) is 8.42. The monoisotopic (exact) mass is 438 g/mol. The molecule has 1 atom stereocenters. The second-order valence-corrected chi connectivity index (χ2v) is 7.57. The molecule has 1 aliphatic heterocycles. The number of alkyl halides is 3. The number of aromatic nitrogens is 3. The van der Waals surface area contributed by atoms with Crippen molar-refractivity contribution < 1.29 is 27.2 Å². The summed E-state index contributed by atoms with van der Waals surface area (Å²) in [6.07, 6.45) is -2.13. The number of carbonyl (C=O) groups excluding carboxylic acids is 1. The Hall–Kier alpha value is -2.95. The SMILES string of the molecule is O=C(OCc1nc(-c2ccsc2)no1)C1CCCN(c2ncccc2C(F)(F)F)C1. The van der Waals surface area contributed by atoms with E-state index in [4.69, 9.17) is 9.26 Å². The Bertz CT molecular complexity index is 1010. The topological polar surface area (TPSA) is 81.3 Å². The van der Waals surface area contributed by atoms with Gasteiger partial charge in [-0.25, -0.2) is 4.98 Å². The van der Waals surface area contributed by atoms with E-state index in [1.54, 1.807) is 0 Å². The van der Waals surface area contributed by atoms with Crippen LogP contribution in [0.2, 0.25) is 0 Å². The van der Waals surface area contributed by atoms with Gasteiger partial charge in [-0.3, -0.25) is 4.79 Å². The van der Waals surface area contributed by atoms with E-state index in [-0.39, 0.29) is 24.9 Å². The van der Waals surface area contributed by atoms with Gasteiger partial charge < -0.3 is 14.2 Å². The van der Waals surface area contributed by atoms with Crippen molar-refractivity contribution in [1.29, 1.82) is 0 Å². The summed E-state index contributed by atoms with van der Waals surface area (Å²) in [5.74, 6) is -0.692. The first kappa shape index (κ1) is 20.3. The second-order valence-electron chi connectivity index (χ2n) is 6.79. The zero-order valence-electron chi connectivity index (χ0n) is 15.6. The van der Waals surface area contributed by atoms with Gasteiger partial charge in [0, 0.05) is 30.2 Å². The molecule has 0 spiro atoms. The molecule has 11 heteroatoms. The van der Waals surface area contributed by atoms with E-state index >= 15 is 0 Å². The lowest BCUT2D eigenvalue weighted by molar-refractivity contribution is -0.151. The van der Waals surface area contributed by atoms with Crippen molar-refractivity contribution in [2.24, 2.45) is 5.92 Å². The Morgan fingerprint density at radius 1 is 1.37 bits per heavy atom. The molecule has 0 aliphatic carbocycles. The van der Waals surface area contributed by atoms with Crippen LogP contribution in [-0.4, -0.2) is 34.2 Å². The molecule has 0 saturated carbocycles. The van der Waals surface area contributed by atoms with Gasteiger partial charge in [0.15, 0.2) is 6.61 Å². The molecule has 158 valence electrons. The summed E-state index contributed by atoms with van der Waals surface area (Å²) in [4.78, 5) is 22.1. The minimum atomic E-state index is -4.52. The zero-order valence-corrected chi connectivity index (χ0v) is 16.4. The number of carbonyl (C=O) groups is 1. The largest absolute Gasteiger partial charge is 0.455 e. The average Bonchev–Trinajstić information content (AvgIpc) is 3.43. The first-order chi connectivity index (χ1) is 14.4. The predicted molar refractivity (Wildman–Crippen MR) is 102 cm³/mol. The Balaban J connectivity index is 1.39. The van der Waals surface area contributed by atoms with Crippen LogP contribution in [0.3, 0.4) is 0 Å². The van der Waals surface area contributed by atoms with Crippen LogP contribution < -0.4 is 4.90 Å². The third kappa shape index (κ3) is 4.45. The highest BCUT2D eigenvalue weighted by Gasteiger charge is 2.37. The molecule has 1 fully saturated rings. The van der Waals surface area contributed by atoms with Crippen LogP contribution in [0.5, 0.6) is 0 Å². The Kier molecular flexibility index (Phi) is 5.71. The maximum absolute atomic E-state index is 13.3. The summed E-state index contributed by atoms with van der Waals surface area (Å²) in [5, 5.41) is 7.59. The van der Waals surface area contributed by atoms with Crippen molar-refractivity contribution >= 4 is 23.1 Å². The van der Waals surface area contributed by atoms with E-state index in [2.05, 4.69) is 15.1 Å². The molecule has 4 heterocycles. The lowest BCUT2D eigenvalue weighted by atomic mass is 9.98. The summed E-state index contributed by atoms with van der Waals surface area (Å²) in [6, 6.07) is 4.08. The van der Waals surface area contributed by atoms with Crippen molar-refractivity contribution in [3.05, 3.63) is 46.6 Å². The lowest BCUT2D eigenvalue weighted by Crippen LogP contribution is -2.40. The van der Waals surface area contributed by atoms with Crippen LogP contribution in [0, 0.1) is 5.92 Å². The van der Waals surface area contributed by atoms with E-state index in [1.165, 1.54) is 28.5 Å². The number of halogens is 3. The highest BCUT2D eigenvalue weighted by atomic mass is 32.1. The van der Waals surface area contributed by atoms with Crippen molar-refractivity contribution in [3.63, 3.8) is 0 Å². The number of piperidine rings is 1. The van der Waals surface area contributed by atoms with Gasteiger partial charge in [-0.1, -0.05) is 5.16 Å². The van der Waals surface area contributed by atoms with E-state index in [1.807, 2.05) is 16.8 Å². The van der Waals surface area contributed by atoms with Gasteiger partial charge in [-0.05, 0) is 36.4 Å². The molecule has 30 heavy (non-hydrogen) atoms. The highest BCUT2D eigenvalue weighted by molar-refractivity contribution is 7.08. The Morgan fingerprint density at radius 3 is 3.00 bits per heavy atom. The number of rotatable bonds is 5. The van der Waals surface area contributed by atoms with E-state index in [0.717, 1.165) is 11.6 Å². The van der Waals surface area contributed by atoms with Crippen LogP contribution in [0.15, 0.2) is 39.7 Å². The van der Waals surface area contributed by atoms with E-state index in [0.29, 0.717) is 25.2 Å². The third-order valence-corrected chi connectivity index (χ3v) is 5.41. The molecule has 4 rings (SSSR count). The van der Waals surface area contributed by atoms with Gasteiger partial charge in [0.05, 0.1) is 11.5 Å². The van der Waals surface area contributed by atoms with Gasteiger partial charge in [0.2, 0.25) is 5.82 Å². The smallest absolute Gasteiger partial charge is 0.419 e. The van der Waals surface area contributed by atoms with Crippen molar-refractivity contribution in [3.8, 4) is 11.4 Å². The summed E-state index contributed by atoms with van der Waals surface area (Å²) >= 11 is 1.49. The first-order valence-corrected chi connectivity index (χ1v) is 10.1. The molecule has 0 radical (unpaired) electrons.